The van der Waals surface area contributed by atoms with Crippen molar-refractivity contribution in [1.29, 1.82) is 0 Å². The number of fused-ring (bicyclic) bond motifs is 1. The molecule has 2 amide bonds. The van der Waals surface area contributed by atoms with E-state index in [4.69, 9.17) is 0 Å². The van der Waals surface area contributed by atoms with Crippen molar-refractivity contribution < 1.29 is 9.59 Å². The summed E-state index contributed by atoms with van der Waals surface area (Å²) in [5, 5.41) is 3.85. The Kier molecular flexibility index (Phi) is 7.44. The molecule has 0 radical (unpaired) electrons. The number of carbonyl (C=O) groups is 2. The summed E-state index contributed by atoms with van der Waals surface area (Å²) in [5.74, 6) is 0.515. The van der Waals surface area contributed by atoms with E-state index in [-0.39, 0.29) is 11.8 Å². The molecule has 0 bridgehead atoms. The second-order valence-corrected chi connectivity index (χ2v) is 8.78. The van der Waals surface area contributed by atoms with Gasteiger partial charge in [-0.15, -0.1) is 0 Å². The van der Waals surface area contributed by atoms with E-state index in [9.17, 15) is 9.59 Å². The molecule has 1 aliphatic heterocycles. The standard InChI is InChI=1S/C24H29N5O2S/c1-2-29-21-11-7-6-10-20(21)26-24(29)32-18-23(31)28-14-12-27(13-15-28)17-22(30)25-16-19-8-4-3-5-9-19/h3-11H,2,12-18H2,1H3,(H,25,30). The Morgan fingerprint density at radius 1 is 1.00 bits per heavy atom. The molecule has 32 heavy (non-hydrogen) atoms. The lowest BCUT2D eigenvalue weighted by molar-refractivity contribution is -0.130. The Labute approximate surface area is 192 Å². The Morgan fingerprint density at radius 3 is 2.47 bits per heavy atom. The Hall–Kier alpha value is -2.84. The first-order valence-electron chi connectivity index (χ1n) is 11.0. The number of imidazole rings is 1. The molecule has 2 aromatic carbocycles. The molecule has 0 unspecified atom stereocenters. The lowest BCUT2D eigenvalue weighted by atomic mass is 10.2. The first-order valence-corrected chi connectivity index (χ1v) is 12.0. The van der Waals surface area contributed by atoms with Crippen LogP contribution in [0.2, 0.25) is 0 Å². The molecule has 1 saturated heterocycles. The van der Waals surface area contributed by atoms with Crippen LogP contribution in [0, 0.1) is 0 Å². The van der Waals surface area contributed by atoms with Gasteiger partial charge in [0.05, 0.1) is 23.3 Å². The Morgan fingerprint density at radius 2 is 1.72 bits per heavy atom. The largest absolute Gasteiger partial charge is 0.351 e. The molecular weight excluding hydrogens is 422 g/mol. The highest BCUT2D eigenvalue weighted by molar-refractivity contribution is 7.99. The van der Waals surface area contributed by atoms with Crippen LogP contribution in [0.5, 0.6) is 0 Å². The van der Waals surface area contributed by atoms with E-state index in [1.807, 2.05) is 53.4 Å². The number of carbonyl (C=O) groups excluding carboxylic acids is 2. The van der Waals surface area contributed by atoms with E-state index < -0.39 is 0 Å². The number of hydrogen-bond donors (Lipinski definition) is 1. The monoisotopic (exact) mass is 451 g/mol. The topological polar surface area (TPSA) is 70.5 Å². The number of aryl methyl sites for hydroxylation is 1. The van der Waals surface area contributed by atoms with Gasteiger partial charge in [0.15, 0.2) is 5.16 Å². The van der Waals surface area contributed by atoms with Crippen LogP contribution in [0.1, 0.15) is 12.5 Å². The van der Waals surface area contributed by atoms with Gasteiger partial charge in [-0.25, -0.2) is 4.98 Å². The second kappa shape index (κ2) is 10.7. The van der Waals surface area contributed by atoms with E-state index in [1.54, 1.807) is 0 Å². The van der Waals surface area contributed by atoms with Crippen LogP contribution in [0.15, 0.2) is 59.8 Å². The zero-order valence-corrected chi connectivity index (χ0v) is 19.2. The number of piperazine rings is 1. The van der Waals surface area contributed by atoms with Crippen LogP contribution in [0.4, 0.5) is 0 Å². The van der Waals surface area contributed by atoms with Crippen LogP contribution >= 0.6 is 11.8 Å². The fraction of sp³-hybridized carbons (Fsp3) is 0.375. The van der Waals surface area contributed by atoms with Crippen molar-refractivity contribution in [1.82, 2.24) is 24.7 Å². The second-order valence-electron chi connectivity index (χ2n) is 7.84. The molecular formula is C24H29N5O2S. The van der Waals surface area contributed by atoms with Gasteiger partial charge in [0.25, 0.3) is 0 Å². The fourth-order valence-electron chi connectivity index (χ4n) is 3.90. The number of aromatic nitrogens is 2. The summed E-state index contributed by atoms with van der Waals surface area (Å²) in [5.41, 5.74) is 3.15. The fourth-order valence-corrected chi connectivity index (χ4v) is 4.88. The van der Waals surface area contributed by atoms with E-state index in [2.05, 4.69) is 32.8 Å². The average Bonchev–Trinajstić information content (AvgIpc) is 3.20. The molecule has 8 heteroatoms. The number of para-hydroxylation sites is 2. The summed E-state index contributed by atoms with van der Waals surface area (Å²) >= 11 is 1.50. The average molecular weight is 452 g/mol. The van der Waals surface area contributed by atoms with Gasteiger partial charge < -0.3 is 14.8 Å². The number of rotatable bonds is 8. The van der Waals surface area contributed by atoms with Crippen LogP contribution < -0.4 is 5.32 Å². The highest BCUT2D eigenvalue weighted by atomic mass is 32.2. The van der Waals surface area contributed by atoms with Crippen molar-refractivity contribution in [2.24, 2.45) is 0 Å². The number of amides is 2. The van der Waals surface area contributed by atoms with Crippen molar-refractivity contribution >= 4 is 34.6 Å². The SMILES string of the molecule is CCn1c(SCC(=O)N2CCN(CC(=O)NCc3ccccc3)CC2)nc2ccccc21. The number of benzene rings is 2. The minimum Gasteiger partial charge on any atom is -0.351 e. The number of thioether (sulfide) groups is 1. The molecule has 7 nitrogen and oxygen atoms in total. The summed E-state index contributed by atoms with van der Waals surface area (Å²) < 4.78 is 2.15. The van der Waals surface area contributed by atoms with E-state index in [0.717, 1.165) is 28.3 Å². The molecule has 0 saturated carbocycles. The van der Waals surface area contributed by atoms with Gasteiger partial charge in [-0.05, 0) is 24.6 Å². The molecule has 3 aromatic rings. The van der Waals surface area contributed by atoms with Crippen LogP contribution in [0.25, 0.3) is 11.0 Å². The zero-order chi connectivity index (χ0) is 22.3. The van der Waals surface area contributed by atoms with Gasteiger partial charge in [0.1, 0.15) is 0 Å². The minimum atomic E-state index is 0.0163. The number of hydrogen-bond acceptors (Lipinski definition) is 5. The van der Waals surface area contributed by atoms with Gasteiger partial charge in [-0.3, -0.25) is 14.5 Å². The summed E-state index contributed by atoms with van der Waals surface area (Å²) in [6, 6.07) is 18.0. The van der Waals surface area contributed by atoms with Crippen LogP contribution in [-0.4, -0.2) is 69.6 Å². The molecule has 2 heterocycles. The predicted molar refractivity (Wildman–Crippen MR) is 127 cm³/mol. The van der Waals surface area contributed by atoms with Crippen molar-refractivity contribution in [3.63, 3.8) is 0 Å². The Bertz CT molecular complexity index is 1060. The molecule has 1 fully saturated rings. The third-order valence-electron chi connectivity index (χ3n) is 5.69. The first-order chi connectivity index (χ1) is 15.6. The Balaban J connectivity index is 1.21. The lowest BCUT2D eigenvalue weighted by Gasteiger charge is -2.34. The molecule has 1 aromatic heterocycles. The lowest BCUT2D eigenvalue weighted by Crippen LogP contribution is -2.51. The number of nitrogens with zero attached hydrogens (tertiary/aromatic N) is 4. The third-order valence-corrected chi connectivity index (χ3v) is 6.65. The van der Waals surface area contributed by atoms with E-state index in [0.29, 0.717) is 45.0 Å². The third kappa shape index (κ3) is 5.49. The highest BCUT2D eigenvalue weighted by Crippen LogP contribution is 2.24. The zero-order valence-electron chi connectivity index (χ0n) is 18.4. The molecule has 0 atom stereocenters. The van der Waals surface area contributed by atoms with Crippen molar-refractivity contribution in [3.8, 4) is 0 Å². The quantitative estimate of drug-likeness (QED) is 0.533. The number of nitrogens with one attached hydrogen (secondary N) is 1. The van der Waals surface area contributed by atoms with Gasteiger partial charge >= 0.3 is 0 Å². The first kappa shape index (κ1) is 22.4. The molecule has 0 spiro atoms. The van der Waals surface area contributed by atoms with Crippen LogP contribution in [0.3, 0.4) is 0 Å². The highest BCUT2D eigenvalue weighted by Gasteiger charge is 2.23. The summed E-state index contributed by atoms with van der Waals surface area (Å²) in [6.45, 7) is 6.54. The maximum atomic E-state index is 12.7. The normalized spacial score (nSPS) is 14.6. The van der Waals surface area contributed by atoms with Crippen LogP contribution in [-0.2, 0) is 22.7 Å². The molecule has 1 N–H and O–H groups in total. The van der Waals surface area contributed by atoms with E-state index in [1.165, 1.54) is 11.8 Å². The summed E-state index contributed by atoms with van der Waals surface area (Å²) in [7, 11) is 0. The summed E-state index contributed by atoms with van der Waals surface area (Å²) in [6.07, 6.45) is 0. The van der Waals surface area contributed by atoms with Gasteiger partial charge in [-0.2, -0.15) is 0 Å². The molecule has 0 aliphatic carbocycles. The smallest absolute Gasteiger partial charge is 0.234 e. The van der Waals surface area contributed by atoms with Gasteiger partial charge in [0.2, 0.25) is 11.8 Å². The molecule has 168 valence electrons. The molecule has 4 rings (SSSR count). The maximum absolute atomic E-state index is 12.7. The van der Waals surface area contributed by atoms with Gasteiger partial charge in [-0.1, -0.05) is 54.2 Å². The van der Waals surface area contributed by atoms with E-state index >= 15 is 0 Å². The van der Waals surface area contributed by atoms with Gasteiger partial charge in [0, 0.05) is 39.3 Å². The van der Waals surface area contributed by atoms with Crippen molar-refractivity contribution in [2.75, 3.05) is 38.5 Å². The van der Waals surface area contributed by atoms with Crippen molar-refractivity contribution in [3.05, 3.63) is 60.2 Å². The molecule has 1 aliphatic rings. The maximum Gasteiger partial charge on any atom is 0.234 e. The predicted octanol–water partition coefficient (Wildman–Crippen LogP) is 2.61. The van der Waals surface area contributed by atoms with Crippen molar-refractivity contribution in [2.45, 2.75) is 25.2 Å². The summed E-state index contributed by atoms with van der Waals surface area (Å²) in [4.78, 5) is 33.7. The minimum absolute atomic E-state index is 0.0163.